The van der Waals surface area contributed by atoms with E-state index in [4.69, 9.17) is 14.2 Å². The fraction of sp³-hybridized carbons (Fsp3) is 0.235. The van der Waals surface area contributed by atoms with Crippen molar-refractivity contribution in [3.63, 3.8) is 0 Å². The van der Waals surface area contributed by atoms with Crippen molar-refractivity contribution in [3.8, 4) is 28.4 Å². The van der Waals surface area contributed by atoms with Gasteiger partial charge in [-0.1, -0.05) is 60.7 Å². The molecule has 1 amide bonds. The lowest BCUT2D eigenvalue weighted by Gasteiger charge is -2.52. The first-order chi connectivity index (χ1) is 20.4. The van der Waals surface area contributed by atoms with Crippen molar-refractivity contribution in [2.75, 3.05) is 19.5 Å². The van der Waals surface area contributed by atoms with E-state index in [-0.39, 0.29) is 5.91 Å². The van der Waals surface area contributed by atoms with Gasteiger partial charge in [-0.25, -0.2) is 0 Å². The van der Waals surface area contributed by atoms with Crippen molar-refractivity contribution in [2.24, 2.45) is 11.8 Å². The Balaban J connectivity index is 1.36. The molecule has 0 aromatic heterocycles. The quantitative estimate of drug-likeness (QED) is 0.231. The summed E-state index contributed by atoms with van der Waals surface area (Å²) >= 11 is 0. The smallest absolute Gasteiger partial charge is 0.307 e. The number of carboxylic acid groups (broad SMARTS) is 1. The number of amides is 1. The second-order valence-corrected chi connectivity index (χ2v) is 10.6. The fourth-order valence-electron chi connectivity index (χ4n) is 6.49. The molecule has 0 saturated heterocycles. The monoisotopic (exact) mass is 565 g/mol. The third-order valence-electron chi connectivity index (χ3n) is 8.37. The maximum absolute atomic E-state index is 12.7. The number of carboxylic acids is 1. The van der Waals surface area contributed by atoms with Gasteiger partial charge in [0.15, 0.2) is 0 Å². The van der Waals surface area contributed by atoms with Gasteiger partial charge in [-0.05, 0) is 58.1 Å². The predicted octanol–water partition coefficient (Wildman–Crippen LogP) is 5.46. The van der Waals surface area contributed by atoms with E-state index in [0.717, 1.165) is 22.4 Å². The Morgan fingerprint density at radius 3 is 2.07 bits per heavy atom. The molecule has 2 aliphatic rings. The van der Waals surface area contributed by atoms with Crippen LogP contribution in [0.3, 0.4) is 0 Å². The summed E-state index contributed by atoms with van der Waals surface area (Å²) in [6.07, 6.45) is -0.982. The maximum Gasteiger partial charge on any atom is 0.307 e. The van der Waals surface area contributed by atoms with E-state index in [2.05, 4.69) is 5.32 Å². The molecule has 4 aromatic rings. The van der Waals surface area contributed by atoms with Crippen molar-refractivity contribution in [1.29, 1.82) is 0 Å². The molecule has 1 fully saturated rings. The molecule has 1 aliphatic heterocycles. The van der Waals surface area contributed by atoms with Crippen LogP contribution >= 0.6 is 0 Å². The first kappa shape index (κ1) is 27.4. The number of ether oxygens (including phenoxy) is 3. The number of nitrogens with one attached hydrogen (secondary N) is 1. The number of carbonyl (C=O) groups is 2. The van der Waals surface area contributed by atoms with Crippen molar-refractivity contribution >= 4 is 17.6 Å². The molecule has 8 heteroatoms. The Kier molecular flexibility index (Phi) is 7.31. The third-order valence-corrected chi connectivity index (χ3v) is 8.37. The Hall–Kier alpha value is -4.82. The summed E-state index contributed by atoms with van der Waals surface area (Å²) < 4.78 is 17.4. The highest BCUT2D eigenvalue weighted by atomic mass is 16.6. The van der Waals surface area contributed by atoms with Gasteiger partial charge in [0.25, 0.3) is 0 Å². The number of rotatable bonds is 9. The van der Waals surface area contributed by atoms with Crippen LogP contribution in [0.4, 0.5) is 5.69 Å². The van der Waals surface area contributed by atoms with Crippen LogP contribution < -0.4 is 19.5 Å². The van der Waals surface area contributed by atoms with E-state index in [1.165, 1.54) is 0 Å². The van der Waals surface area contributed by atoms with Gasteiger partial charge in [0.2, 0.25) is 12.2 Å². The van der Waals surface area contributed by atoms with Crippen molar-refractivity contribution in [3.05, 3.63) is 108 Å². The minimum absolute atomic E-state index is 0.0308. The summed E-state index contributed by atoms with van der Waals surface area (Å²) in [6, 6.07) is 27.7. The van der Waals surface area contributed by atoms with E-state index in [0.29, 0.717) is 34.8 Å². The van der Waals surface area contributed by atoms with Crippen LogP contribution in [0.5, 0.6) is 17.2 Å². The van der Waals surface area contributed by atoms with Gasteiger partial charge in [0.05, 0.1) is 26.6 Å². The number of fused-ring (bicyclic) bond motifs is 1. The van der Waals surface area contributed by atoms with Crippen LogP contribution in [0.1, 0.15) is 28.5 Å². The lowest BCUT2D eigenvalue weighted by atomic mass is 9.52. The molecular weight excluding hydrogens is 534 g/mol. The first-order valence-electron chi connectivity index (χ1n) is 13.8. The lowest BCUT2D eigenvalue weighted by Crippen LogP contribution is -2.53. The van der Waals surface area contributed by atoms with Crippen LogP contribution in [0.25, 0.3) is 11.1 Å². The van der Waals surface area contributed by atoms with E-state index >= 15 is 0 Å². The van der Waals surface area contributed by atoms with Gasteiger partial charge in [-0.15, -0.1) is 0 Å². The van der Waals surface area contributed by atoms with Crippen LogP contribution in [0.2, 0.25) is 0 Å². The molecule has 42 heavy (non-hydrogen) atoms. The summed E-state index contributed by atoms with van der Waals surface area (Å²) in [7, 11) is 3.09. The highest BCUT2D eigenvalue weighted by molar-refractivity contribution is 6.00. The Bertz CT molecular complexity index is 1600. The molecular formula is C34H31NO7. The number of anilines is 1. The topological polar surface area (TPSA) is 114 Å². The van der Waals surface area contributed by atoms with E-state index < -0.39 is 35.9 Å². The molecule has 6 rings (SSSR count). The number of methoxy groups -OCH3 is 2. The number of aliphatic hydroxyl groups is 1. The van der Waals surface area contributed by atoms with Gasteiger partial charge < -0.3 is 29.7 Å². The molecule has 4 aromatic carbocycles. The van der Waals surface area contributed by atoms with Crippen LogP contribution in [0, 0.1) is 11.8 Å². The molecule has 1 aliphatic carbocycles. The predicted molar refractivity (Wildman–Crippen MR) is 157 cm³/mol. The average molecular weight is 566 g/mol. The lowest BCUT2D eigenvalue weighted by molar-refractivity contribution is -0.165. The van der Waals surface area contributed by atoms with Crippen LogP contribution in [0.15, 0.2) is 91.0 Å². The Morgan fingerprint density at radius 2 is 1.45 bits per heavy atom. The van der Waals surface area contributed by atoms with Gasteiger partial charge >= 0.3 is 5.97 Å². The molecule has 0 radical (unpaired) electrons. The summed E-state index contributed by atoms with van der Waals surface area (Å²) in [5.74, 6) is -2.13. The average Bonchev–Trinajstić information content (AvgIpc) is 3.36. The standard InChI is InChI=1S/C34H31NO7/c1-40-26-12-5-3-10-23(26)29-31(33(37)38)30(24-11-4-6-13-27(24)41-2)32(29)34(39)42-22-9-7-8-19(16-22)20-14-15-21-18-28(36)35-25(21)17-20/h3-17,29-32,34,39H,18H2,1-2H3,(H,35,36)(H,37,38). The number of aliphatic hydroxyl groups excluding tert-OH is 1. The van der Waals surface area contributed by atoms with Crippen molar-refractivity contribution in [2.45, 2.75) is 24.5 Å². The molecule has 3 N–H and O–H groups in total. The second kappa shape index (κ2) is 11.2. The zero-order valence-electron chi connectivity index (χ0n) is 23.2. The molecule has 3 atom stereocenters. The minimum atomic E-state index is -1.35. The number of para-hydroxylation sites is 2. The summed E-state index contributed by atoms with van der Waals surface area (Å²) in [5.41, 5.74) is 4.87. The number of benzene rings is 4. The highest BCUT2D eigenvalue weighted by Gasteiger charge is 2.60. The molecule has 0 spiro atoms. The molecule has 214 valence electrons. The highest BCUT2D eigenvalue weighted by Crippen LogP contribution is 2.61. The maximum atomic E-state index is 12.7. The van der Waals surface area contributed by atoms with E-state index in [1.54, 1.807) is 32.4 Å². The number of aliphatic carboxylic acids is 1. The van der Waals surface area contributed by atoms with Gasteiger partial charge in [-0.3, -0.25) is 9.59 Å². The molecule has 0 bridgehead atoms. The van der Waals surface area contributed by atoms with Gasteiger partial charge in [-0.2, -0.15) is 0 Å². The molecule has 3 unspecified atom stereocenters. The summed E-state index contributed by atoms with van der Waals surface area (Å²) in [6.45, 7) is 0. The largest absolute Gasteiger partial charge is 0.496 e. The molecule has 1 heterocycles. The SMILES string of the molecule is COc1ccccc1C1C(C(=O)O)C(c2ccccc2OC)C1C(O)Oc1cccc(-c2ccc3c(c2)NC(=O)C3)c1. The number of hydrogen-bond donors (Lipinski definition) is 3. The van der Waals surface area contributed by atoms with Crippen LogP contribution in [-0.4, -0.2) is 42.6 Å². The van der Waals surface area contributed by atoms with E-state index in [1.807, 2.05) is 72.8 Å². The minimum Gasteiger partial charge on any atom is -0.496 e. The third kappa shape index (κ3) is 4.84. The van der Waals surface area contributed by atoms with Crippen LogP contribution in [-0.2, 0) is 16.0 Å². The second-order valence-electron chi connectivity index (χ2n) is 10.6. The summed E-state index contributed by atoms with van der Waals surface area (Å²) in [5, 5.41) is 25.0. The van der Waals surface area contributed by atoms with E-state index in [9.17, 15) is 19.8 Å². The zero-order chi connectivity index (χ0) is 29.4. The Labute approximate surface area is 243 Å². The number of carbonyl (C=O) groups excluding carboxylic acids is 1. The molecule has 8 nitrogen and oxygen atoms in total. The summed E-state index contributed by atoms with van der Waals surface area (Å²) in [4.78, 5) is 24.6. The first-order valence-corrected chi connectivity index (χ1v) is 13.8. The van der Waals surface area contributed by atoms with Crippen molar-refractivity contribution < 1.29 is 34.0 Å². The Morgan fingerprint density at radius 1 is 0.833 bits per heavy atom. The molecule has 1 saturated carbocycles. The zero-order valence-corrected chi connectivity index (χ0v) is 23.2. The van der Waals surface area contributed by atoms with Gasteiger partial charge in [0, 0.05) is 23.4 Å². The fourth-order valence-corrected chi connectivity index (χ4v) is 6.49. The van der Waals surface area contributed by atoms with Crippen molar-refractivity contribution in [1.82, 2.24) is 0 Å². The normalized spacial score (nSPS) is 21.5. The number of hydrogen-bond acceptors (Lipinski definition) is 6. The van der Waals surface area contributed by atoms with Gasteiger partial charge in [0.1, 0.15) is 17.2 Å².